The van der Waals surface area contributed by atoms with E-state index < -0.39 is 0 Å². The summed E-state index contributed by atoms with van der Waals surface area (Å²) in [6.07, 6.45) is 4.20. The zero-order valence-corrected chi connectivity index (χ0v) is 19.1. The standard InChI is InChI=1S/C26H27FN4O3/c1-18-15-19-5-6-23(25(27)22(19)16-18)34-24-7-8-28-26(30-24)29-20-3-2-4-21(17-20)33-14-11-31-9-12-32-13-10-31/h2-8,16-17H,9-15H2,1H3,(H,28,29,30). The lowest BCUT2D eigenvalue weighted by Gasteiger charge is -2.26. The molecule has 1 aliphatic heterocycles. The van der Waals surface area contributed by atoms with Crippen LogP contribution in [-0.2, 0) is 11.2 Å². The van der Waals surface area contributed by atoms with E-state index in [1.165, 1.54) is 0 Å². The number of hydrogen-bond donors (Lipinski definition) is 1. The van der Waals surface area contributed by atoms with Crippen molar-refractivity contribution in [2.75, 3.05) is 44.8 Å². The second-order valence-electron chi connectivity index (χ2n) is 8.39. The van der Waals surface area contributed by atoms with Gasteiger partial charge in [-0.2, -0.15) is 4.98 Å². The van der Waals surface area contributed by atoms with Crippen LogP contribution in [0.5, 0.6) is 17.4 Å². The quantitative estimate of drug-likeness (QED) is 0.515. The Balaban J connectivity index is 1.21. The molecule has 0 spiro atoms. The highest BCUT2D eigenvalue weighted by Gasteiger charge is 2.18. The maximum atomic E-state index is 14.9. The molecule has 0 atom stereocenters. The number of rotatable bonds is 8. The number of ether oxygens (including phenoxy) is 3. The van der Waals surface area contributed by atoms with Gasteiger partial charge in [0.1, 0.15) is 12.4 Å². The molecular weight excluding hydrogens is 435 g/mol. The van der Waals surface area contributed by atoms with Gasteiger partial charge >= 0.3 is 0 Å². The molecule has 0 unspecified atom stereocenters. The summed E-state index contributed by atoms with van der Waals surface area (Å²) in [6, 6.07) is 12.8. The minimum atomic E-state index is -0.371. The lowest BCUT2D eigenvalue weighted by atomic mass is 10.1. The lowest BCUT2D eigenvalue weighted by molar-refractivity contribution is 0.0322. The van der Waals surface area contributed by atoms with Crippen LogP contribution >= 0.6 is 0 Å². The SMILES string of the molecule is CC1=Cc2c(ccc(Oc3ccnc(Nc4cccc(OCCN5CCOCC5)c4)n3)c2F)C1. The Hall–Kier alpha value is -3.49. The van der Waals surface area contributed by atoms with Gasteiger partial charge in [-0.3, -0.25) is 4.90 Å². The molecule has 8 heteroatoms. The van der Waals surface area contributed by atoms with E-state index in [4.69, 9.17) is 14.2 Å². The molecule has 0 radical (unpaired) electrons. The fourth-order valence-corrected chi connectivity index (χ4v) is 4.08. The number of anilines is 2. The number of nitrogens with one attached hydrogen (secondary N) is 1. The fraction of sp³-hybridized carbons (Fsp3) is 0.308. The number of aromatic nitrogens is 2. The summed E-state index contributed by atoms with van der Waals surface area (Å²) in [5.74, 6) is 1.14. The van der Waals surface area contributed by atoms with Crippen molar-refractivity contribution in [2.24, 2.45) is 0 Å². The van der Waals surface area contributed by atoms with E-state index in [9.17, 15) is 4.39 Å². The predicted octanol–water partition coefficient (Wildman–Crippen LogP) is 4.82. The first-order valence-electron chi connectivity index (χ1n) is 11.4. The molecule has 34 heavy (non-hydrogen) atoms. The van der Waals surface area contributed by atoms with Crippen molar-refractivity contribution in [2.45, 2.75) is 13.3 Å². The molecule has 0 saturated carbocycles. The fourth-order valence-electron chi connectivity index (χ4n) is 4.08. The van der Waals surface area contributed by atoms with Crippen LogP contribution in [0, 0.1) is 5.82 Å². The summed E-state index contributed by atoms with van der Waals surface area (Å²) in [7, 11) is 0. The summed E-state index contributed by atoms with van der Waals surface area (Å²) < 4.78 is 31.9. The van der Waals surface area contributed by atoms with E-state index in [1.807, 2.05) is 43.3 Å². The van der Waals surface area contributed by atoms with E-state index in [-0.39, 0.29) is 17.4 Å². The van der Waals surface area contributed by atoms with Crippen LogP contribution in [-0.4, -0.2) is 54.3 Å². The van der Waals surface area contributed by atoms with Gasteiger partial charge in [0.15, 0.2) is 11.6 Å². The average Bonchev–Trinajstić information content (AvgIpc) is 3.23. The molecule has 176 valence electrons. The van der Waals surface area contributed by atoms with Crippen molar-refractivity contribution in [1.29, 1.82) is 0 Å². The highest BCUT2D eigenvalue weighted by molar-refractivity contribution is 5.65. The molecule has 5 rings (SSSR count). The maximum Gasteiger partial charge on any atom is 0.230 e. The van der Waals surface area contributed by atoms with E-state index in [0.29, 0.717) is 18.1 Å². The minimum Gasteiger partial charge on any atom is -0.492 e. The Morgan fingerprint density at radius 1 is 1.15 bits per heavy atom. The predicted molar refractivity (Wildman–Crippen MR) is 128 cm³/mol. The molecular formula is C26H27FN4O3. The third-order valence-corrected chi connectivity index (χ3v) is 5.81. The van der Waals surface area contributed by atoms with Crippen LogP contribution in [0.15, 0.2) is 54.2 Å². The number of fused-ring (bicyclic) bond motifs is 1. The zero-order chi connectivity index (χ0) is 23.3. The molecule has 1 fully saturated rings. The van der Waals surface area contributed by atoms with Crippen LogP contribution in [0.3, 0.4) is 0 Å². The maximum absolute atomic E-state index is 14.9. The van der Waals surface area contributed by atoms with Gasteiger partial charge in [-0.15, -0.1) is 0 Å². The molecule has 1 N–H and O–H groups in total. The van der Waals surface area contributed by atoms with Crippen molar-refractivity contribution >= 4 is 17.7 Å². The number of nitrogens with zero attached hydrogens (tertiary/aromatic N) is 3. The van der Waals surface area contributed by atoms with Crippen molar-refractivity contribution in [3.63, 3.8) is 0 Å². The van der Waals surface area contributed by atoms with Crippen LogP contribution in [0.25, 0.3) is 6.08 Å². The average molecular weight is 463 g/mol. The topological polar surface area (TPSA) is 68.7 Å². The van der Waals surface area contributed by atoms with E-state index in [0.717, 1.165) is 61.8 Å². The first-order valence-corrected chi connectivity index (χ1v) is 11.4. The number of morpholine rings is 1. The molecule has 2 aliphatic rings. The van der Waals surface area contributed by atoms with E-state index in [2.05, 4.69) is 20.2 Å². The molecule has 1 saturated heterocycles. The number of hydrogen-bond acceptors (Lipinski definition) is 7. The van der Waals surface area contributed by atoms with Crippen LogP contribution < -0.4 is 14.8 Å². The molecule has 7 nitrogen and oxygen atoms in total. The Labute approximate surface area is 198 Å². The van der Waals surface area contributed by atoms with Gasteiger partial charge in [0.25, 0.3) is 0 Å². The van der Waals surface area contributed by atoms with Crippen LogP contribution in [0.4, 0.5) is 16.0 Å². The lowest BCUT2D eigenvalue weighted by Crippen LogP contribution is -2.38. The first kappa shape index (κ1) is 22.3. The molecule has 2 heterocycles. The number of halogens is 1. The summed E-state index contributed by atoms with van der Waals surface area (Å²) >= 11 is 0. The zero-order valence-electron chi connectivity index (χ0n) is 19.1. The van der Waals surface area contributed by atoms with Gasteiger partial charge in [0.05, 0.1) is 13.2 Å². The Bertz CT molecular complexity index is 1190. The van der Waals surface area contributed by atoms with Gasteiger partial charge in [0.2, 0.25) is 11.8 Å². The minimum absolute atomic E-state index is 0.144. The van der Waals surface area contributed by atoms with Crippen molar-refractivity contribution in [3.8, 4) is 17.4 Å². The number of allylic oxidation sites excluding steroid dienone is 1. The highest BCUT2D eigenvalue weighted by Crippen LogP contribution is 2.34. The largest absolute Gasteiger partial charge is 0.492 e. The van der Waals surface area contributed by atoms with Gasteiger partial charge in [0, 0.05) is 49.2 Å². The second kappa shape index (κ2) is 10.2. The molecule has 1 aromatic heterocycles. The third-order valence-electron chi connectivity index (χ3n) is 5.81. The van der Waals surface area contributed by atoms with Gasteiger partial charge in [-0.25, -0.2) is 9.37 Å². The van der Waals surface area contributed by atoms with E-state index >= 15 is 0 Å². The molecule has 2 aromatic carbocycles. The highest BCUT2D eigenvalue weighted by atomic mass is 19.1. The smallest absolute Gasteiger partial charge is 0.230 e. The molecule has 3 aromatic rings. The second-order valence-corrected chi connectivity index (χ2v) is 8.39. The summed E-state index contributed by atoms with van der Waals surface area (Å²) in [6.45, 7) is 6.88. The monoisotopic (exact) mass is 462 g/mol. The Morgan fingerprint density at radius 2 is 2.03 bits per heavy atom. The third kappa shape index (κ3) is 5.35. The van der Waals surface area contributed by atoms with Crippen molar-refractivity contribution in [3.05, 3.63) is 71.2 Å². The van der Waals surface area contributed by atoms with Crippen molar-refractivity contribution < 1.29 is 18.6 Å². The molecule has 1 aliphatic carbocycles. The first-order chi connectivity index (χ1) is 16.6. The van der Waals surface area contributed by atoms with Crippen LogP contribution in [0.1, 0.15) is 18.1 Å². The summed E-state index contributed by atoms with van der Waals surface area (Å²) in [5, 5.41) is 3.16. The molecule has 0 bridgehead atoms. The molecule has 0 amide bonds. The van der Waals surface area contributed by atoms with Crippen LogP contribution in [0.2, 0.25) is 0 Å². The number of benzene rings is 2. The summed E-state index contributed by atoms with van der Waals surface area (Å²) in [4.78, 5) is 11.0. The van der Waals surface area contributed by atoms with Gasteiger partial charge < -0.3 is 19.5 Å². The van der Waals surface area contributed by atoms with E-state index in [1.54, 1.807) is 18.3 Å². The van der Waals surface area contributed by atoms with Crippen molar-refractivity contribution in [1.82, 2.24) is 14.9 Å². The summed E-state index contributed by atoms with van der Waals surface area (Å²) in [5.41, 5.74) is 3.48. The normalized spacial score (nSPS) is 15.5. The Morgan fingerprint density at radius 3 is 2.91 bits per heavy atom. The van der Waals surface area contributed by atoms with Gasteiger partial charge in [-0.1, -0.05) is 23.8 Å². The van der Waals surface area contributed by atoms with Gasteiger partial charge in [-0.05, 0) is 37.1 Å². The Kier molecular flexibility index (Phi) is 6.69.